The Morgan fingerprint density at radius 1 is 1.00 bits per heavy atom. The van der Waals surface area contributed by atoms with Crippen molar-refractivity contribution in [3.05, 3.63) is 0 Å². The van der Waals surface area contributed by atoms with Crippen molar-refractivity contribution >= 4 is 29.6 Å². The fourth-order valence-corrected chi connectivity index (χ4v) is 0. The van der Waals surface area contributed by atoms with Crippen LogP contribution in [0.3, 0.4) is 0 Å². The third kappa shape index (κ3) is 8.82. The van der Waals surface area contributed by atoms with Crippen molar-refractivity contribution < 1.29 is 50.3 Å². The largest absolute Gasteiger partial charge is 0 e. The number of hydrogen-bond donors (Lipinski definition) is 0. The summed E-state index contributed by atoms with van der Waals surface area (Å²) in [6, 6.07) is 0. The van der Waals surface area contributed by atoms with Gasteiger partial charge in [0.1, 0.15) is 0 Å². The predicted molar refractivity (Wildman–Crippen MR) is 7.15 cm³/mol. The van der Waals surface area contributed by atoms with Crippen LogP contribution in [0, 0.1) is 0 Å². The van der Waals surface area contributed by atoms with Crippen molar-refractivity contribution in [2.75, 3.05) is 0 Å². The van der Waals surface area contributed by atoms with Gasteiger partial charge >= 0.3 is 29.6 Å². The monoisotopic (exact) mass is 196 g/mol. The molecule has 0 aromatic heterocycles. The van der Waals surface area contributed by atoms with Crippen molar-refractivity contribution in [3.8, 4) is 0 Å². The van der Waals surface area contributed by atoms with E-state index >= 15 is 0 Å². The zero-order valence-electron chi connectivity index (χ0n) is 1.03. The van der Waals surface area contributed by atoms with Gasteiger partial charge in [0.05, 0.1) is 0 Å². The molecule has 0 saturated carbocycles. The van der Waals surface area contributed by atoms with Gasteiger partial charge in [-0.15, -0.1) is 0 Å². The Labute approximate surface area is 78.7 Å². The van der Waals surface area contributed by atoms with E-state index in [1.54, 1.807) is 0 Å². The SMILES string of the molecule is [Co].[Mn].[NaH].[Ni]. The van der Waals surface area contributed by atoms with Crippen LogP contribution in [0.15, 0.2) is 0 Å². The molecule has 0 spiro atoms. The van der Waals surface area contributed by atoms with Gasteiger partial charge in [-0.25, -0.2) is 0 Å². The molecule has 0 aliphatic rings. The third-order valence-corrected chi connectivity index (χ3v) is 0. The summed E-state index contributed by atoms with van der Waals surface area (Å²) in [4.78, 5) is 0. The molecular weight excluding hydrogens is 196 g/mol. The summed E-state index contributed by atoms with van der Waals surface area (Å²) in [5.74, 6) is 0. The first-order chi connectivity index (χ1) is 0. The number of rotatable bonds is 0. The molecule has 0 heterocycles. The Hall–Kier alpha value is 2.52. The fourth-order valence-electron chi connectivity index (χ4n) is 0. The van der Waals surface area contributed by atoms with Crippen molar-refractivity contribution in [1.82, 2.24) is 0 Å². The molecule has 0 N–H and O–H groups in total. The Balaban J connectivity index is 0. The molecule has 0 nitrogen and oxygen atoms in total. The van der Waals surface area contributed by atoms with Crippen LogP contribution in [0.2, 0.25) is 0 Å². The number of hydrogen-bond acceptors (Lipinski definition) is 0. The third-order valence-electron chi connectivity index (χ3n) is 0. The first-order valence-electron chi connectivity index (χ1n) is 0. The second kappa shape index (κ2) is 17.8. The molecule has 4 heavy (non-hydrogen) atoms. The zero-order valence-corrected chi connectivity index (χ0v) is 4.24. The maximum atomic E-state index is 0. The van der Waals surface area contributed by atoms with E-state index in [2.05, 4.69) is 0 Å². The molecule has 0 atom stereocenters. The van der Waals surface area contributed by atoms with E-state index in [-0.39, 0.29) is 79.9 Å². The average molecular weight is 197 g/mol. The molecule has 28 valence electrons. The molecule has 0 saturated heterocycles. The topological polar surface area (TPSA) is 0 Å². The van der Waals surface area contributed by atoms with Crippen LogP contribution in [-0.4, -0.2) is 29.6 Å². The standard InChI is InChI=1S/Co.Mn.Na.Ni.H. The molecule has 0 aromatic carbocycles. The molecule has 0 bridgehead atoms. The van der Waals surface area contributed by atoms with Gasteiger partial charge < -0.3 is 0 Å². The summed E-state index contributed by atoms with van der Waals surface area (Å²) in [5, 5.41) is 0. The van der Waals surface area contributed by atoms with Crippen molar-refractivity contribution in [3.63, 3.8) is 0 Å². The maximum Gasteiger partial charge on any atom is 0 e. The summed E-state index contributed by atoms with van der Waals surface area (Å²) in [7, 11) is 0. The molecule has 0 amide bonds. The molecular formula is HCoMnNaNi. The van der Waals surface area contributed by atoms with E-state index < -0.39 is 0 Å². The minimum absolute atomic E-state index is 0. The first-order valence-corrected chi connectivity index (χ1v) is 0. The summed E-state index contributed by atoms with van der Waals surface area (Å²) < 4.78 is 0. The van der Waals surface area contributed by atoms with Crippen molar-refractivity contribution in [2.24, 2.45) is 0 Å². The zero-order chi connectivity index (χ0) is 0. The van der Waals surface area contributed by atoms with Gasteiger partial charge in [-0.05, 0) is 0 Å². The first kappa shape index (κ1) is 31.3. The van der Waals surface area contributed by atoms with Crippen LogP contribution in [-0.2, 0) is 50.3 Å². The molecule has 0 aromatic rings. The van der Waals surface area contributed by atoms with Crippen LogP contribution < -0.4 is 0 Å². The molecule has 0 unspecified atom stereocenters. The molecule has 0 aliphatic carbocycles. The van der Waals surface area contributed by atoms with Gasteiger partial charge in [0.15, 0.2) is 0 Å². The summed E-state index contributed by atoms with van der Waals surface area (Å²) >= 11 is 0. The summed E-state index contributed by atoms with van der Waals surface area (Å²) in [6.45, 7) is 0. The Bertz CT molecular complexity index is 8.00. The van der Waals surface area contributed by atoms with Crippen LogP contribution in [0.1, 0.15) is 0 Å². The van der Waals surface area contributed by atoms with Gasteiger partial charge in [0, 0.05) is 50.3 Å². The van der Waals surface area contributed by atoms with Crippen molar-refractivity contribution in [2.45, 2.75) is 0 Å². The second-order valence-corrected chi connectivity index (χ2v) is 0. The van der Waals surface area contributed by atoms with Gasteiger partial charge in [0.25, 0.3) is 0 Å². The van der Waals surface area contributed by atoms with Crippen LogP contribution in [0.4, 0.5) is 0 Å². The van der Waals surface area contributed by atoms with Crippen molar-refractivity contribution in [1.29, 1.82) is 0 Å². The normalized spacial score (nSPS) is 0. The van der Waals surface area contributed by atoms with E-state index in [1.165, 1.54) is 0 Å². The van der Waals surface area contributed by atoms with Crippen LogP contribution >= 0.6 is 0 Å². The van der Waals surface area contributed by atoms with E-state index in [0.717, 1.165) is 0 Å². The Kier molecular flexibility index (Phi) is 139. The minimum atomic E-state index is 0. The minimum Gasteiger partial charge on any atom is 0 e. The quantitative estimate of drug-likeness (QED) is 0.452. The van der Waals surface area contributed by atoms with Crippen LogP contribution in [0.25, 0.3) is 0 Å². The molecule has 0 fully saturated rings. The van der Waals surface area contributed by atoms with Gasteiger partial charge in [0.2, 0.25) is 0 Å². The van der Waals surface area contributed by atoms with Gasteiger partial charge in [-0.2, -0.15) is 0 Å². The van der Waals surface area contributed by atoms with E-state index in [0.29, 0.717) is 0 Å². The van der Waals surface area contributed by atoms with E-state index in [9.17, 15) is 0 Å². The van der Waals surface area contributed by atoms with Crippen LogP contribution in [0.5, 0.6) is 0 Å². The smallest absolute Gasteiger partial charge is 0 e. The van der Waals surface area contributed by atoms with E-state index in [1.807, 2.05) is 0 Å². The van der Waals surface area contributed by atoms with Gasteiger partial charge in [-0.3, -0.25) is 0 Å². The average Bonchev–Trinajstić information content (AvgIpc) is 0. The second-order valence-electron chi connectivity index (χ2n) is 0. The van der Waals surface area contributed by atoms with Gasteiger partial charge in [-0.1, -0.05) is 0 Å². The predicted octanol–water partition coefficient (Wildman–Crippen LogP) is -0.656. The molecule has 2 radical (unpaired) electrons. The Morgan fingerprint density at radius 3 is 1.00 bits per heavy atom. The molecule has 4 heteroatoms. The Morgan fingerprint density at radius 2 is 1.00 bits per heavy atom. The fraction of sp³-hybridized carbons (Fsp3) is 0. The maximum absolute atomic E-state index is 0. The molecule has 0 aliphatic heterocycles. The summed E-state index contributed by atoms with van der Waals surface area (Å²) in [5.41, 5.74) is 0. The summed E-state index contributed by atoms with van der Waals surface area (Å²) in [6.07, 6.45) is 0. The molecule has 0 rings (SSSR count). The van der Waals surface area contributed by atoms with E-state index in [4.69, 9.17) is 0 Å².